The van der Waals surface area contributed by atoms with Crippen molar-refractivity contribution in [2.45, 2.75) is 23.8 Å². The third-order valence-electron chi connectivity index (χ3n) is 3.41. The second kappa shape index (κ2) is 6.10. The Morgan fingerprint density at radius 3 is 2.90 bits per heavy atom. The fourth-order valence-corrected chi connectivity index (χ4v) is 4.68. The van der Waals surface area contributed by atoms with Crippen LogP contribution in [0.3, 0.4) is 0 Å². The van der Waals surface area contributed by atoms with E-state index in [4.69, 9.17) is 16.9 Å². The number of rotatable bonds is 4. The highest BCUT2D eigenvalue weighted by atomic mass is 35.5. The fraction of sp³-hybridized carbons (Fsp3) is 0.462. The van der Waals surface area contributed by atoms with E-state index in [1.165, 1.54) is 22.5 Å². The maximum Gasteiger partial charge on any atom is 0.244 e. The molecule has 108 valence electrons. The molecule has 1 heterocycles. The fourth-order valence-electron chi connectivity index (χ4n) is 2.47. The summed E-state index contributed by atoms with van der Waals surface area (Å²) in [6.45, 7) is 1.12. The minimum atomic E-state index is -3.61. The SMILES string of the molecule is CNCC1CCCN1S(=O)(=O)c1ccc(C#N)cc1Cl. The van der Waals surface area contributed by atoms with Crippen LogP contribution in [0.5, 0.6) is 0 Å². The minimum absolute atomic E-state index is 0.0447. The van der Waals surface area contributed by atoms with Crippen LogP contribution < -0.4 is 5.32 Å². The van der Waals surface area contributed by atoms with Crippen molar-refractivity contribution in [1.82, 2.24) is 9.62 Å². The van der Waals surface area contributed by atoms with Crippen LogP contribution in [0.2, 0.25) is 5.02 Å². The summed E-state index contributed by atoms with van der Waals surface area (Å²) in [4.78, 5) is 0.0705. The lowest BCUT2D eigenvalue weighted by atomic mass is 10.2. The Morgan fingerprint density at radius 1 is 1.55 bits per heavy atom. The number of hydrogen-bond acceptors (Lipinski definition) is 4. The van der Waals surface area contributed by atoms with E-state index in [1.54, 1.807) is 7.05 Å². The monoisotopic (exact) mass is 313 g/mol. The van der Waals surface area contributed by atoms with E-state index in [0.717, 1.165) is 12.8 Å². The second-order valence-electron chi connectivity index (χ2n) is 4.73. The van der Waals surface area contributed by atoms with Crippen molar-refractivity contribution >= 4 is 21.6 Å². The number of halogens is 1. The standard InChI is InChI=1S/C13H16ClN3O2S/c1-16-9-11-3-2-6-17(11)20(18,19)13-5-4-10(8-15)7-12(13)14/h4-5,7,11,16H,2-3,6,9H2,1H3. The summed E-state index contributed by atoms with van der Waals surface area (Å²) in [6.07, 6.45) is 1.69. The molecule has 1 aromatic rings. The molecule has 0 aliphatic carbocycles. The Kier molecular flexibility index (Phi) is 4.66. The lowest BCUT2D eigenvalue weighted by Crippen LogP contribution is -2.40. The van der Waals surface area contributed by atoms with E-state index in [-0.39, 0.29) is 16.0 Å². The smallest absolute Gasteiger partial charge is 0.244 e. The maximum absolute atomic E-state index is 12.7. The molecule has 0 radical (unpaired) electrons. The number of likely N-dealkylation sites (N-methyl/N-ethyl adjacent to an activating group) is 1. The molecule has 0 spiro atoms. The molecule has 5 nitrogen and oxygen atoms in total. The second-order valence-corrected chi connectivity index (χ2v) is 6.99. The van der Waals surface area contributed by atoms with Crippen LogP contribution in [0.15, 0.2) is 23.1 Å². The Bertz CT molecular complexity index is 640. The first-order chi connectivity index (χ1) is 9.50. The van der Waals surface area contributed by atoms with Crippen molar-refractivity contribution in [2.75, 3.05) is 20.1 Å². The van der Waals surface area contributed by atoms with Crippen LogP contribution in [0.1, 0.15) is 18.4 Å². The van der Waals surface area contributed by atoms with Gasteiger partial charge in [0, 0.05) is 19.1 Å². The van der Waals surface area contributed by atoms with Gasteiger partial charge >= 0.3 is 0 Å². The van der Waals surface area contributed by atoms with Crippen LogP contribution in [-0.2, 0) is 10.0 Å². The van der Waals surface area contributed by atoms with Gasteiger partial charge in [-0.2, -0.15) is 9.57 Å². The van der Waals surface area contributed by atoms with Gasteiger partial charge in [-0.3, -0.25) is 0 Å². The molecular weight excluding hydrogens is 298 g/mol. The predicted octanol–water partition coefficient (Wildman–Crippen LogP) is 1.58. The molecule has 1 saturated heterocycles. The molecule has 0 bridgehead atoms. The molecule has 20 heavy (non-hydrogen) atoms. The van der Waals surface area contributed by atoms with Gasteiger partial charge in [0.15, 0.2) is 0 Å². The van der Waals surface area contributed by atoms with E-state index in [0.29, 0.717) is 18.7 Å². The van der Waals surface area contributed by atoms with Gasteiger partial charge in [0.1, 0.15) is 4.90 Å². The molecule has 0 amide bonds. The zero-order valence-corrected chi connectivity index (χ0v) is 12.7. The topological polar surface area (TPSA) is 73.2 Å². The highest BCUT2D eigenvalue weighted by Gasteiger charge is 2.35. The van der Waals surface area contributed by atoms with Gasteiger partial charge in [0.2, 0.25) is 10.0 Å². The zero-order chi connectivity index (χ0) is 14.8. The molecule has 7 heteroatoms. The van der Waals surface area contributed by atoms with Crippen LogP contribution in [0, 0.1) is 11.3 Å². The van der Waals surface area contributed by atoms with Gasteiger partial charge in [-0.05, 0) is 38.1 Å². The Labute approximate surface area is 124 Å². The van der Waals surface area contributed by atoms with Crippen LogP contribution in [0.4, 0.5) is 0 Å². The normalized spacial score (nSPS) is 19.9. The van der Waals surface area contributed by atoms with Gasteiger partial charge in [-0.1, -0.05) is 11.6 Å². The lowest BCUT2D eigenvalue weighted by molar-refractivity contribution is 0.379. The first-order valence-electron chi connectivity index (χ1n) is 6.37. The molecule has 1 atom stereocenters. The highest BCUT2D eigenvalue weighted by Crippen LogP contribution is 2.30. The summed E-state index contributed by atoms with van der Waals surface area (Å²) >= 11 is 6.02. The summed E-state index contributed by atoms with van der Waals surface area (Å²) in [5, 5.41) is 11.9. The first kappa shape index (κ1) is 15.3. The summed E-state index contributed by atoms with van der Waals surface area (Å²) in [5.41, 5.74) is 0.349. The molecule has 1 unspecified atom stereocenters. The molecule has 1 aromatic carbocycles. The molecule has 1 N–H and O–H groups in total. The Balaban J connectivity index is 2.38. The van der Waals surface area contributed by atoms with Gasteiger partial charge in [-0.25, -0.2) is 8.42 Å². The summed E-state index contributed by atoms with van der Waals surface area (Å²) in [7, 11) is -1.81. The number of hydrogen-bond donors (Lipinski definition) is 1. The van der Waals surface area contributed by atoms with Crippen molar-refractivity contribution < 1.29 is 8.42 Å². The molecular formula is C13H16ClN3O2S. The molecule has 1 aliphatic rings. The molecule has 0 aromatic heterocycles. The average molecular weight is 314 g/mol. The van der Waals surface area contributed by atoms with E-state index >= 15 is 0 Å². The van der Waals surface area contributed by atoms with Gasteiger partial charge in [0.25, 0.3) is 0 Å². The van der Waals surface area contributed by atoms with Crippen LogP contribution in [-0.4, -0.2) is 38.9 Å². The molecule has 2 rings (SSSR count). The number of nitrogens with one attached hydrogen (secondary N) is 1. The van der Waals surface area contributed by atoms with Crippen LogP contribution in [0.25, 0.3) is 0 Å². The van der Waals surface area contributed by atoms with Gasteiger partial charge in [0.05, 0.1) is 16.7 Å². The predicted molar refractivity (Wildman–Crippen MR) is 77.0 cm³/mol. The quantitative estimate of drug-likeness (QED) is 0.916. The van der Waals surface area contributed by atoms with Gasteiger partial charge < -0.3 is 5.32 Å². The third-order valence-corrected chi connectivity index (χ3v) is 5.85. The van der Waals surface area contributed by atoms with Crippen molar-refractivity contribution in [3.63, 3.8) is 0 Å². The van der Waals surface area contributed by atoms with Crippen LogP contribution >= 0.6 is 11.6 Å². The van der Waals surface area contributed by atoms with Crippen molar-refractivity contribution in [3.05, 3.63) is 28.8 Å². The number of nitriles is 1. The Morgan fingerprint density at radius 2 is 2.30 bits per heavy atom. The molecule has 1 fully saturated rings. The van der Waals surface area contributed by atoms with Crippen molar-refractivity contribution in [2.24, 2.45) is 0 Å². The van der Waals surface area contributed by atoms with E-state index in [1.807, 2.05) is 6.07 Å². The first-order valence-corrected chi connectivity index (χ1v) is 8.18. The van der Waals surface area contributed by atoms with E-state index < -0.39 is 10.0 Å². The lowest BCUT2D eigenvalue weighted by Gasteiger charge is -2.24. The largest absolute Gasteiger partial charge is 0.318 e. The van der Waals surface area contributed by atoms with E-state index in [9.17, 15) is 8.42 Å². The van der Waals surface area contributed by atoms with Gasteiger partial charge in [-0.15, -0.1) is 0 Å². The van der Waals surface area contributed by atoms with E-state index in [2.05, 4.69) is 5.32 Å². The highest BCUT2D eigenvalue weighted by molar-refractivity contribution is 7.89. The number of sulfonamides is 1. The summed E-state index contributed by atoms with van der Waals surface area (Å²) in [5.74, 6) is 0. The summed E-state index contributed by atoms with van der Waals surface area (Å²) in [6, 6.07) is 6.17. The molecule has 0 saturated carbocycles. The van der Waals surface area contributed by atoms with Crippen molar-refractivity contribution in [3.8, 4) is 6.07 Å². The average Bonchev–Trinajstić information content (AvgIpc) is 2.87. The minimum Gasteiger partial charge on any atom is -0.318 e. The van der Waals surface area contributed by atoms with Crippen molar-refractivity contribution in [1.29, 1.82) is 5.26 Å². The zero-order valence-electron chi connectivity index (χ0n) is 11.1. The number of nitrogens with zero attached hydrogens (tertiary/aromatic N) is 2. The molecule has 1 aliphatic heterocycles. The summed E-state index contributed by atoms with van der Waals surface area (Å²) < 4.78 is 26.8. The number of benzene rings is 1. The Hall–Kier alpha value is -1.13. The maximum atomic E-state index is 12.7. The third kappa shape index (κ3) is 2.81.